The number of nitrogens with one attached hydrogen (secondary N) is 1. The van der Waals surface area contributed by atoms with Gasteiger partial charge in [-0.2, -0.15) is 0 Å². The van der Waals surface area contributed by atoms with Gasteiger partial charge in [0.1, 0.15) is 5.82 Å². The lowest BCUT2D eigenvalue weighted by atomic mass is 10.00. The largest absolute Gasteiger partial charge is 0.478 e. The van der Waals surface area contributed by atoms with Crippen molar-refractivity contribution in [1.29, 1.82) is 0 Å². The maximum absolute atomic E-state index is 14.2. The monoisotopic (exact) mass is 466 g/mol. The van der Waals surface area contributed by atoms with Crippen LogP contribution >= 0.6 is 0 Å². The number of halogens is 1. The predicted octanol–water partition coefficient (Wildman–Crippen LogP) is 3.68. The second-order valence-corrected chi connectivity index (χ2v) is 8.02. The van der Waals surface area contributed by atoms with E-state index in [1.165, 1.54) is 6.07 Å². The van der Waals surface area contributed by atoms with Gasteiger partial charge < -0.3 is 20.4 Å². The second-order valence-electron chi connectivity index (χ2n) is 8.02. The van der Waals surface area contributed by atoms with Crippen LogP contribution in [0.25, 0.3) is 22.0 Å². The number of aliphatic carboxylic acids is 2. The van der Waals surface area contributed by atoms with Crippen molar-refractivity contribution in [2.75, 3.05) is 31.1 Å². The molecule has 3 aromatic rings. The maximum Gasteiger partial charge on any atom is 0.328 e. The number of rotatable bonds is 5. The minimum atomic E-state index is -1.26. The minimum absolute atomic E-state index is 0.204. The standard InChI is InChI=1S/C21H23FN4.C4H4O4/c1-14(2)19-13-20(25-21(24-19)26-11-9-23-10-12-26)17-7-8-18(22)16-6-4-3-5-15(16)17;5-3(6)1-2-4(7)8/h3-8,13-14,23H,9-12H2,1-2H3;1-2H,(H,5,6)(H,7,8)/b;2-1+. The Morgan fingerprint density at radius 2 is 1.62 bits per heavy atom. The fourth-order valence-electron chi connectivity index (χ4n) is 3.52. The van der Waals surface area contributed by atoms with E-state index in [4.69, 9.17) is 20.2 Å². The number of anilines is 1. The van der Waals surface area contributed by atoms with Crippen molar-refractivity contribution >= 4 is 28.7 Å². The van der Waals surface area contributed by atoms with E-state index >= 15 is 0 Å². The van der Waals surface area contributed by atoms with Gasteiger partial charge in [-0.3, -0.25) is 0 Å². The molecule has 34 heavy (non-hydrogen) atoms. The number of carboxylic acid groups (broad SMARTS) is 2. The maximum atomic E-state index is 14.2. The molecule has 178 valence electrons. The average Bonchev–Trinajstić information content (AvgIpc) is 2.84. The molecule has 1 fully saturated rings. The summed E-state index contributed by atoms with van der Waals surface area (Å²) in [6.45, 7) is 7.93. The molecule has 1 saturated heterocycles. The van der Waals surface area contributed by atoms with Crippen LogP contribution < -0.4 is 10.2 Å². The van der Waals surface area contributed by atoms with E-state index in [9.17, 15) is 14.0 Å². The van der Waals surface area contributed by atoms with Crippen LogP contribution in [-0.4, -0.2) is 58.3 Å². The fourth-order valence-corrected chi connectivity index (χ4v) is 3.52. The SMILES string of the molecule is CC(C)c1cc(-c2ccc(F)c3ccccc23)nc(N2CCNCC2)n1.O=C(O)/C=C/C(=O)O. The van der Waals surface area contributed by atoms with E-state index in [1.54, 1.807) is 0 Å². The van der Waals surface area contributed by atoms with Gasteiger partial charge >= 0.3 is 11.9 Å². The molecule has 0 unspecified atom stereocenters. The normalized spacial score (nSPS) is 13.7. The van der Waals surface area contributed by atoms with Crippen LogP contribution in [0.4, 0.5) is 10.3 Å². The third kappa shape index (κ3) is 6.35. The summed E-state index contributed by atoms with van der Waals surface area (Å²) in [5.74, 6) is -1.66. The molecular formula is C25H27FN4O4. The minimum Gasteiger partial charge on any atom is -0.478 e. The fraction of sp³-hybridized carbons (Fsp3) is 0.280. The lowest BCUT2D eigenvalue weighted by Gasteiger charge is -2.28. The zero-order valence-electron chi connectivity index (χ0n) is 19.0. The Morgan fingerprint density at radius 3 is 2.21 bits per heavy atom. The van der Waals surface area contributed by atoms with Crippen molar-refractivity contribution in [3.8, 4) is 11.3 Å². The molecule has 2 heterocycles. The molecule has 1 aliphatic heterocycles. The first kappa shape index (κ1) is 24.8. The van der Waals surface area contributed by atoms with E-state index in [-0.39, 0.29) is 5.82 Å². The Kier molecular flexibility index (Phi) is 8.26. The van der Waals surface area contributed by atoms with E-state index in [0.29, 0.717) is 23.5 Å². The van der Waals surface area contributed by atoms with Crippen molar-refractivity contribution < 1.29 is 24.2 Å². The number of carbonyl (C=O) groups is 2. The molecule has 0 spiro atoms. The van der Waals surface area contributed by atoms with Gasteiger partial charge in [0.15, 0.2) is 0 Å². The predicted molar refractivity (Wildman–Crippen MR) is 129 cm³/mol. The molecule has 9 heteroatoms. The lowest BCUT2D eigenvalue weighted by molar-refractivity contribution is -0.134. The highest BCUT2D eigenvalue weighted by atomic mass is 19.1. The van der Waals surface area contributed by atoms with E-state index < -0.39 is 11.9 Å². The number of piperazine rings is 1. The van der Waals surface area contributed by atoms with Crippen LogP contribution in [0.15, 0.2) is 54.6 Å². The number of fused-ring (bicyclic) bond motifs is 1. The third-order valence-corrected chi connectivity index (χ3v) is 5.24. The first-order valence-electron chi connectivity index (χ1n) is 10.9. The van der Waals surface area contributed by atoms with Crippen LogP contribution in [0.2, 0.25) is 0 Å². The molecule has 3 N–H and O–H groups in total. The Morgan fingerprint density at radius 1 is 1.00 bits per heavy atom. The molecule has 2 aromatic carbocycles. The molecule has 4 rings (SSSR count). The zero-order valence-corrected chi connectivity index (χ0v) is 19.0. The highest BCUT2D eigenvalue weighted by Gasteiger charge is 2.18. The highest BCUT2D eigenvalue weighted by Crippen LogP contribution is 2.31. The highest BCUT2D eigenvalue weighted by molar-refractivity contribution is 5.96. The van der Waals surface area contributed by atoms with Crippen molar-refractivity contribution in [1.82, 2.24) is 15.3 Å². The van der Waals surface area contributed by atoms with Crippen molar-refractivity contribution in [2.24, 2.45) is 0 Å². The Bertz CT molecular complexity index is 1190. The van der Waals surface area contributed by atoms with Crippen molar-refractivity contribution in [3.05, 3.63) is 66.1 Å². The molecule has 8 nitrogen and oxygen atoms in total. The summed E-state index contributed by atoms with van der Waals surface area (Å²) in [5.41, 5.74) is 2.81. The van der Waals surface area contributed by atoms with E-state index in [0.717, 1.165) is 54.5 Å². The summed E-state index contributed by atoms with van der Waals surface area (Å²) in [5, 5.41) is 20.5. The lowest BCUT2D eigenvalue weighted by Crippen LogP contribution is -2.44. The van der Waals surface area contributed by atoms with E-state index in [2.05, 4.69) is 24.1 Å². The summed E-state index contributed by atoms with van der Waals surface area (Å²) in [6, 6.07) is 13.0. The van der Waals surface area contributed by atoms with Crippen LogP contribution in [0.5, 0.6) is 0 Å². The third-order valence-electron chi connectivity index (χ3n) is 5.24. The number of hydrogen-bond acceptors (Lipinski definition) is 6. The number of aromatic nitrogens is 2. The molecule has 0 bridgehead atoms. The molecule has 0 aliphatic carbocycles. The topological polar surface area (TPSA) is 116 Å². The zero-order chi connectivity index (χ0) is 24.7. The van der Waals surface area contributed by atoms with Crippen LogP contribution in [0.1, 0.15) is 25.5 Å². The Balaban J connectivity index is 0.000000350. The Labute approximate surface area is 196 Å². The van der Waals surface area contributed by atoms with Crippen LogP contribution in [0, 0.1) is 5.82 Å². The summed E-state index contributed by atoms with van der Waals surface area (Å²) in [7, 11) is 0. The summed E-state index contributed by atoms with van der Waals surface area (Å²) >= 11 is 0. The molecule has 0 amide bonds. The summed E-state index contributed by atoms with van der Waals surface area (Å²) in [4.78, 5) is 31.0. The van der Waals surface area contributed by atoms with Gasteiger partial charge in [0, 0.05) is 55.0 Å². The van der Waals surface area contributed by atoms with Gasteiger partial charge in [-0.25, -0.2) is 23.9 Å². The molecule has 1 aromatic heterocycles. The van der Waals surface area contributed by atoms with Gasteiger partial charge in [0.2, 0.25) is 5.95 Å². The summed E-state index contributed by atoms with van der Waals surface area (Å²) in [6.07, 6.45) is 1.12. The van der Waals surface area contributed by atoms with Gasteiger partial charge in [-0.05, 0) is 29.5 Å². The molecule has 1 aliphatic rings. The molecule has 0 saturated carbocycles. The Hall–Kier alpha value is -3.85. The number of benzene rings is 2. The van der Waals surface area contributed by atoms with Gasteiger partial charge in [0.25, 0.3) is 0 Å². The van der Waals surface area contributed by atoms with Crippen molar-refractivity contribution in [3.63, 3.8) is 0 Å². The molecule has 0 atom stereocenters. The first-order valence-corrected chi connectivity index (χ1v) is 10.9. The molecule has 0 radical (unpaired) electrons. The first-order chi connectivity index (χ1) is 16.3. The smallest absolute Gasteiger partial charge is 0.328 e. The van der Waals surface area contributed by atoms with Crippen molar-refractivity contribution in [2.45, 2.75) is 19.8 Å². The number of hydrogen-bond donors (Lipinski definition) is 3. The van der Waals surface area contributed by atoms with Crippen LogP contribution in [-0.2, 0) is 9.59 Å². The van der Waals surface area contributed by atoms with Crippen LogP contribution in [0.3, 0.4) is 0 Å². The second kappa shape index (κ2) is 11.3. The number of carboxylic acids is 2. The van der Waals surface area contributed by atoms with E-state index in [1.807, 2.05) is 36.4 Å². The van der Waals surface area contributed by atoms with Gasteiger partial charge in [-0.15, -0.1) is 0 Å². The van der Waals surface area contributed by atoms with Gasteiger partial charge in [0.05, 0.1) is 5.69 Å². The quantitative estimate of drug-likeness (QED) is 0.488. The average molecular weight is 467 g/mol. The molecular weight excluding hydrogens is 439 g/mol. The summed E-state index contributed by atoms with van der Waals surface area (Å²) < 4.78 is 14.2. The van der Waals surface area contributed by atoms with Gasteiger partial charge in [-0.1, -0.05) is 38.1 Å². The number of nitrogens with zero attached hydrogens (tertiary/aromatic N) is 3.